The van der Waals surface area contributed by atoms with Crippen LogP contribution < -0.4 is 0 Å². The summed E-state index contributed by atoms with van der Waals surface area (Å²) in [7, 11) is -0.615. The molecule has 0 heterocycles. The van der Waals surface area contributed by atoms with Crippen molar-refractivity contribution in [1.29, 1.82) is 0 Å². The Labute approximate surface area is 65.2 Å². The minimum atomic E-state index is -0.615. The van der Waals surface area contributed by atoms with E-state index < -0.39 is 8.80 Å². The van der Waals surface area contributed by atoms with Gasteiger partial charge in [-0.2, -0.15) is 0 Å². The quantitative estimate of drug-likeness (QED) is 0.435. The molecule has 0 aromatic rings. The van der Waals surface area contributed by atoms with Gasteiger partial charge in [-0.3, -0.25) is 0 Å². The standard InChI is InChI=1S/C7H17ClSi/c1-5-9(6-8)7(2,3)4/h9H,5-6H2,1-4H3. The topological polar surface area (TPSA) is 0 Å². The fraction of sp³-hybridized carbons (Fsp3) is 1.00. The van der Waals surface area contributed by atoms with Crippen molar-refractivity contribution in [2.45, 2.75) is 38.8 Å². The zero-order valence-corrected chi connectivity index (χ0v) is 8.78. The van der Waals surface area contributed by atoms with Crippen LogP contribution in [0.1, 0.15) is 27.7 Å². The molecular weight excluding hydrogens is 148 g/mol. The van der Waals surface area contributed by atoms with Gasteiger partial charge in [0.25, 0.3) is 0 Å². The lowest BCUT2D eigenvalue weighted by Gasteiger charge is -2.25. The Morgan fingerprint density at radius 3 is 1.78 bits per heavy atom. The lowest BCUT2D eigenvalue weighted by Crippen LogP contribution is -2.26. The Balaban J connectivity index is 3.79. The first-order valence-electron chi connectivity index (χ1n) is 3.58. The second-order valence-corrected chi connectivity index (χ2v) is 8.80. The van der Waals surface area contributed by atoms with Crippen LogP contribution in [0.2, 0.25) is 11.1 Å². The third-order valence-corrected chi connectivity index (χ3v) is 6.83. The van der Waals surface area contributed by atoms with Crippen molar-refractivity contribution < 1.29 is 0 Å². The fourth-order valence-electron chi connectivity index (χ4n) is 0.953. The molecule has 0 spiro atoms. The van der Waals surface area contributed by atoms with Crippen molar-refractivity contribution in [3.05, 3.63) is 0 Å². The summed E-state index contributed by atoms with van der Waals surface area (Å²) >= 11 is 5.81. The zero-order valence-electron chi connectivity index (χ0n) is 6.87. The third kappa shape index (κ3) is 3.26. The molecule has 0 N–H and O–H groups in total. The highest BCUT2D eigenvalue weighted by Crippen LogP contribution is 2.29. The van der Waals surface area contributed by atoms with Crippen molar-refractivity contribution in [1.82, 2.24) is 0 Å². The van der Waals surface area contributed by atoms with E-state index in [9.17, 15) is 0 Å². The number of halogens is 1. The van der Waals surface area contributed by atoms with Gasteiger partial charge in [0, 0.05) is 5.50 Å². The van der Waals surface area contributed by atoms with Crippen LogP contribution in [0.4, 0.5) is 0 Å². The van der Waals surface area contributed by atoms with Gasteiger partial charge in [0.1, 0.15) is 0 Å². The summed E-state index contributed by atoms with van der Waals surface area (Å²) in [4.78, 5) is 0. The molecule has 2 heteroatoms. The second-order valence-electron chi connectivity index (χ2n) is 3.63. The summed E-state index contributed by atoms with van der Waals surface area (Å²) < 4.78 is 0. The van der Waals surface area contributed by atoms with Gasteiger partial charge in [0.05, 0.1) is 8.80 Å². The van der Waals surface area contributed by atoms with Gasteiger partial charge in [0.2, 0.25) is 0 Å². The minimum Gasteiger partial charge on any atom is -0.130 e. The summed E-state index contributed by atoms with van der Waals surface area (Å²) in [6.45, 7) is 9.16. The summed E-state index contributed by atoms with van der Waals surface area (Å²) in [6.07, 6.45) is 0. The van der Waals surface area contributed by atoms with Crippen molar-refractivity contribution in [2.75, 3.05) is 5.50 Å². The van der Waals surface area contributed by atoms with E-state index in [1.807, 2.05) is 0 Å². The summed E-state index contributed by atoms with van der Waals surface area (Å²) in [5.41, 5.74) is 0.931. The number of rotatable bonds is 2. The van der Waals surface area contributed by atoms with Crippen molar-refractivity contribution >= 4 is 20.4 Å². The van der Waals surface area contributed by atoms with Crippen LogP contribution in [-0.2, 0) is 0 Å². The largest absolute Gasteiger partial charge is 0.130 e. The Kier molecular flexibility index (Phi) is 3.82. The molecule has 0 rings (SSSR count). The molecule has 0 aromatic carbocycles. The van der Waals surface area contributed by atoms with Gasteiger partial charge in [-0.25, -0.2) is 0 Å². The van der Waals surface area contributed by atoms with Gasteiger partial charge < -0.3 is 0 Å². The molecule has 0 radical (unpaired) electrons. The van der Waals surface area contributed by atoms with Gasteiger partial charge >= 0.3 is 0 Å². The van der Waals surface area contributed by atoms with Crippen molar-refractivity contribution in [3.8, 4) is 0 Å². The van der Waals surface area contributed by atoms with Crippen LogP contribution in [0.15, 0.2) is 0 Å². The first-order valence-corrected chi connectivity index (χ1v) is 6.32. The molecule has 0 aromatic heterocycles. The van der Waals surface area contributed by atoms with Crippen LogP contribution in [0.5, 0.6) is 0 Å². The van der Waals surface area contributed by atoms with Gasteiger partial charge in [0.15, 0.2) is 0 Å². The van der Waals surface area contributed by atoms with E-state index in [2.05, 4.69) is 27.7 Å². The van der Waals surface area contributed by atoms with E-state index in [1.165, 1.54) is 6.04 Å². The van der Waals surface area contributed by atoms with Crippen molar-refractivity contribution in [3.63, 3.8) is 0 Å². The van der Waals surface area contributed by atoms with Crippen LogP contribution >= 0.6 is 11.6 Å². The number of hydrogen-bond donors (Lipinski definition) is 0. The highest BCUT2D eigenvalue weighted by Gasteiger charge is 2.22. The minimum absolute atomic E-state index is 0.524. The average Bonchev–Trinajstić information content (AvgIpc) is 1.65. The Hall–Kier alpha value is 0.507. The van der Waals surface area contributed by atoms with E-state index in [1.54, 1.807) is 0 Å². The summed E-state index contributed by atoms with van der Waals surface area (Å²) in [6, 6.07) is 1.33. The first kappa shape index (κ1) is 9.51. The molecule has 1 unspecified atom stereocenters. The smallest absolute Gasteiger partial charge is 0.0591 e. The lowest BCUT2D eigenvalue weighted by molar-refractivity contribution is 0.734. The summed E-state index contributed by atoms with van der Waals surface area (Å²) in [5, 5.41) is 0.524. The van der Waals surface area contributed by atoms with Gasteiger partial charge in [-0.1, -0.05) is 33.7 Å². The van der Waals surface area contributed by atoms with E-state index in [4.69, 9.17) is 11.6 Å². The predicted molar refractivity (Wildman–Crippen MR) is 48.1 cm³/mol. The van der Waals surface area contributed by atoms with E-state index in [0.717, 1.165) is 5.50 Å². The predicted octanol–water partition coefficient (Wildman–Crippen LogP) is 2.81. The molecule has 0 fully saturated rings. The average molecular weight is 165 g/mol. The Bertz CT molecular complexity index is 71.5. The monoisotopic (exact) mass is 164 g/mol. The molecule has 0 aliphatic carbocycles. The third-order valence-electron chi connectivity index (χ3n) is 1.90. The van der Waals surface area contributed by atoms with Gasteiger partial charge in [-0.15, -0.1) is 11.6 Å². The number of alkyl halides is 1. The molecule has 0 bridgehead atoms. The van der Waals surface area contributed by atoms with Crippen LogP contribution in [0.3, 0.4) is 0 Å². The van der Waals surface area contributed by atoms with Crippen LogP contribution in [-0.4, -0.2) is 14.3 Å². The highest BCUT2D eigenvalue weighted by atomic mass is 35.5. The summed E-state index contributed by atoms with van der Waals surface area (Å²) in [5.74, 6) is 0. The Morgan fingerprint density at radius 1 is 1.33 bits per heavy atom. The SMILES string of the molecule is CC[SiH](CCl)C(C)(C)C. The maximum absolute atomic E-state index is 5.81. The van der Waals surface area contributed by atoms with Crippen LogP contribution in [0, 0.1) is 0 Å². The lowest BCUT2D eigenvalue weighted by atomic mass is 10.2. The molecule has 0 nitrogen and oxygen atoms in total. The first-order chi connectivity index (χ1) is 4.02. The van der Waals surface area contributed by atoms with Crippen molar-refractivity contribution in [2.24, 2.45) is 0 Å². The molecule has 56 valence electrons. The van der Waals surface area contributed by atoms with E-state index >= 15 is 0 Å². The highest BCUT2D eigenvalue weighted by molar-refractivity contribution is 6.69. The van der Waals surface area contributed by atoms with Crippen LogP contribution in [0.25, 0.3) is 0 Å². The molecule has 0 saturated carbocycles. The molecule has 0 saturated heterocycles. The second kappa shape index (κ2) is 3.62. The van der Waals surface area contributed by atoms with Gasteiger partial charge in [-0.05, 0) is 5.04 Å². The maximum atomic E-state index is 5.81. The van der Waals surface area contributed by atoms with E-state index in [0.29, 0.717) is 5.04 Å². The molecular formula is C7H17ClSi. The fourth-order valence-corrected chi connectivity index (χ4v) is 4.90. The molecule has 0 amide bonds. The molecule has 0 aliphatic rings. The zero-order chi connectivity index (χ0) is 7.49. The van der Waals surface area contributed by atoms with E-state index in [-0.39, 0.29) is 0 Å². The molecule has 9 heavy (non-hydrogen) atoms. The Morgan fingerprint density at radius 2 is 1.78 bits per heavy atom. The maximum Gasteiger partial charge on any atom is 0.0591 e. The number of hydrogen-bond acceptors (Lipinski definition) is 0. The molecule has 0 aliphatic heterocycles. The molecule has 1 atom stereocenters. The normalized spacial score (nSPS) is 15.7.